The lowest BCUT2D eigenvalue weighted by atomic mass is 9.87. The van der Waals surface area contributed by atoms with Crippen LogP contribution in [0.2, 0.25) is 0 Å². The van der Waals surface area contributed by atoms with Crippen LogP contribution in [0.1, 0.15) is 42.6 Å². The standard InChI is InChI=1S/C22H23N3O2S/c1-2-3-9-24-12-19(26)25-18(22(24)27)11-16-15-6-4-5-7-17(15)23-20(16)21(25)14-8-10-28-13-14/h4-8,10,13,18,21,23H,2-3,9,11-12H2,1H3/t18-,21+/m1/s1. The average Bonchev–Trinajstić information content (AvgIpc) is 3.36. The van der Waals surface area contributed by atoms with Gasteiger partial charge in [0.05, 0.1) is 12.6 Å². The monoisotopic (exact) mass is 393 g/mol. The van der Waals surface area contributed by atoms with E-state index >= 15 is 0 Å². The predicted molar refractivity (Wildman–Crippen MR) is 110 cm³/mol. The second-order valence-corrected chi connectivity index (χ2v) is 8.44. The van der Waals surface area contributed by atoms with E-state index < -0.39 is 6.04 Å². The highest BCUT2D eigenvalue weighted by Crippen LogP contribution is 2.42. The first-order valence-electron chi connectivity index (χ1n) is 9.90. The van der Waals surface area contributed by atoms with Gasteiger partial charge in [0.1, 0.15) is 6.04 Å². The van der Waals surface area contributed by atoms with E-state index in [1.165, 1.54) is 5.56 Å². The van der Waals surface area contributed by atoms with Crippen LogP contribution in [0.15, 0.2) is 41.1 Å². The number of para-hydroxylation sites is 1. The Labute approximate surface area is 168 Å². The molecule has 0 spiro atoms. The Morgan fingerprint density at radius 3 is 2.86 bits per heavy atom. The highest BCUT2D eigenvalue weighted by Gasteiger charge is 2.48. The number of thiophene rings is 1. The number of hydrogen-bond acceptors (Lipinski definition) is 3. The lowest BCUT2D eigenvalue weighted by Crippen LogP contribution is -2.63. The second-order valence-electron chi connectivity index (χ2n) is 7.66. The fourth-order valence-electron chi connectivity index (χ4n) is 4.64. The van der Waals surface area contributed by atoms with Crippen molar-refractivity contribution in [1.82, 2.24) is 14.8 Å². The molecule has 5 rings (SSSR count). The molecule has 1 fully saturated rings. The minimum atomic E-state index is -0.422. The molecule has 0 unspecified atom stereocenters. The molecule has 2 aliphatic rings. The molecule has 3 aromatic rings. The number of carbonyl (C=O) groups excluding carboxylic acids is 2. The molecular weight excluding hydrogens is 370 g/mol. The van der Waals surface area contributed by atoms with Gasteiger partial charge in [-0.15, -0.1) is 0 Å². The van der Waals surface area contributed by atoms with Gasteiger partial charge in [0.2, 0.25) is 11.8 Å². The molecule has 28 heavy (non-hydrogen) atoms. The number of rotatable bonds is 4. The molecule has 0 aliphatic carbocycles. The van der Waals surface area contributed by atoms with Crippen LogP contribution in [0.25, 0.3) is 10.9 Å². The van der Waals surface area contributed by atoms with E-state index in [4.69, 9.17) is 0 Å². The molecule has 144 valence electrons. The van der Waals surface area contributed by atoms with Gasteiger partial charge in [-0.2, -0.15) is 11.3 Å². The normalized spacial score (nSPS) is 21.9. The van der Waals surface area contributed by atoms with E-state index in [1.54, 1.807) is 16.2 Å². The van der Waals surface area contributed by atoms with Gasteiger partial charge >= 0.3 is 0 Å². The molecule has 5 nitrogen and oxygen atoms in total. The third-order valence-electron chi connectivity index (χ3n) is 5.98. The molecule has 1 saturated heterocycles. The van der Waals surface area contributed by atoms with Crippen molar-refractivity contribution < 1.29 is 9.59 Å². The molecule has 0 radical (unpaired) electrons. The van der Waals surface area contributed by atoms with E-state index in [0.717, 1.165) is 35.0 Å². The van der Waals surface area contributed by atoms with Gasteiger partial charge in [0.25, 0.3) is 0 Å². The van der Waals surface area contributed by atoms with Crippen LogP contribution < -0.4 is 0 Å². The molecule has 2 aromatic heterocycles. The van der Waals surface area contributed by atoms with Crippen LogP contribution in [0, 0.1) is 0 Å². The largest absolute Gasteiger partial charge is 0.356 e. The van der Waals surface area contributed by atoms with Crippen LogP contribution in [0.3, 0.4) is 0 Å². The molecule has 2 amide bonds. The molecule has 6 heteroatoms. The van der Waals surface area contributed by atoms with Gasteiger partial charge in [-0.3, -0.25) is 9.59 Å². The highest BCUT2D eigenvalue weighted by molar-refractivity contribution is 7.08. The van der Waals surface area contributed by atoms with Gasteiger partial charge in [0.15, 0.2) is 0 Å². The summed E-state index contributed by atoms with van der Waals surface area (Å²) in [5, 5.41) is 5.28. The first-order chi connectivity index (χ1) is 13.7. The SMILES string of the molecule is CCCCN1CC(=O)N2[C@@H](c3ccsc3)c3[nH]c4ccccc4c3C[C@@H]2C1=O. The Kier molecular flexibility index (Phi) is 4.23. The van der Waals surface area contributed by atoms with Crippen molar-refractivity contribution in [2.75, 3.05) is 13.1 Å². The van der Waals surface area contributed by atoms with Crippen molar-refractivity contribution in [3.63, 3.8) is 0 Å². The van der Waals surface area contributed by atoms with Crippen LogP contribution >= 0.6 is 11.3 Å². The summed E-state index contributed by atoms with van der Waals surface area (Å²) >= 11 is 1.62. The molecule has 1 N–H and O–H groups in total. The minimum Gasteiger partial charge on any atom is -0.356 e. The van der Waals surface area contributed by atoms with Crippen LogP contribution in [0.5, 0.6) is 0 Å². The number of nitrogens with one attached hydrogen (secondary N) is 1. The molecule has 2 atom stereocenters. The second kappa shape index (κ2) is 6.78. The predicted octanol–water partition coefficient (Wildman–Crippen LogP) is 3.71. The Balaban J connectivity index is 1.65. The van der Waals surface area contributed by atoms with Crippen molar-refractivity contribution in [3.8, 4) is 0 Å². The zero-order chi connectivity index (χ0) is 19.3. The maximum absolute atomic E-state index is 13.3. The summed E-state index contributed by atoms with van der Waals surface area (Å²) < 4.78 is 0. The maximum atomic E-state index is 13.3. The van der Waals surface area contributed by atoms with Crippen molar-refractivity contribution in [2.24, 2.45) is 0 Å². The molecule has 0 saturated carbocycles. The maximum Gasteiger partial charge on any atom is 0.246 e. The van der Waals surface area contributed by atoms with Gasteiger partial charge in [-0.25, -0.2) is 0 Å². The minimum absolute atomic E-state index is 0.0428. The fourth-order valence-corrected chi connectivity index (χ4v) is 5.32. The summed E-state index contributed by atoms with van der Waals surface area (Å²) in [5.41, 5.74) is 4.37. The number of amides is 2. The summed E-state index contributed by atoms with van der Waals surface area (Å²) in [6.07, 6.45) is 2.52. The number of aromatic amines is 1. The van der Waals surface area contributed by atoms with Crippen molar-refractivity contribution in [2.45, 2.75) is 38.3 Å². The third-order valence-corrected chi connectivity index (χ3v) is 6.68. The van der Waals surface area contributed by atoms with Gasteiger partial charge in [-0.05, 0) is 40.4 Å². The van der Waals surface area contributed by atoms with Gasteiger partial charge < -0.3 is 14.8 Å². The van der Waals surface area contributed by atoms with Crippen molar-refractivity contribution in [3.05, 3.63) is 57.9 Å². The molecular formula is C22H23N3O2S. The topological polar surface area (TPSA) is 56.4 Å². The number of benzene rings is 1. The number of nitrogens with zero attached hydrogens (tertiary/aromatic N) is 2. The quantitative estimate of drug-likeness (QED) is 0.735. The van der Waals surface area contributed by atoms with Crippen LogP contribution in [0.4, 0.5) is 0 Å². The van der Waals surface area contributed by atoms with Gasteiger partial charge in [0, 0.05) is 29.6 Å². The zero-order valence-corrected chi connectivity index (χ0v) is 16.7. The summed E-state index contributed by atoms with van der Waals surface area (Å²) in [6.45, 7) is 2.95. The lowest BCUT2D eigenvalue weighted by molar-refractivity contribution is -0.158. The number of unbranched alkanes of at least 4 members (excludes halogenated alkanes) is 1. The number of piperazine rings is 1. The first-order valence-corrected chi connectivity index (χ1v) is 10.8. The molecule has 1 aromatic carbocycles. The van der Waals surface area contributed by atoms with E-state index in [1.807, 2.05) is 22.4 Å². The summed E-state index contributed by atoms with van der Waals surface area (Å²) in [4.78, 5) is 33.7. The average molecular weight is 394 g/mol. The number of H-pyrrole nitrogens is 1. The number of hydrogen-bond donors (Lipinski definition) is 1. The third kappa shape index (κ3) is 2.58. The van der Waals surface area contributed by atoms with Crippen LogP contribution in [-0.4, -0.2) is 45.7 Å². The van der Waals surface area contributed by atoms with Gasteiger partial charge in [-0.1, -0.05) is 31.5 Å². The lowest BCUT2D eigenvalue weighted by Gasteiger charge is -2.46. The van der Waals surface area contributed by atoms with Crippen LogP contribution in [-0.2, 0) is 16.0 Å². The molecule has 4 heterocycles. The van der Waals surface area contributed by atoms with E-state index in [2.05, 4.69) is 35.5 Å². The molecule has 2 aliphatic heterocycles. The number of carbonyl (C=O) groups is 2. The molecule has 0 bridgehead atoms. The smallest absolute Gasteiger partial charge is 0.246 e. The summed E-state index contributed by atoms with van der Waals surface area (Å²) in [7, 11) is 0. The highest BCUT2D eigenvalue weighted by atomic mass is 32.1. The fraction of sp³-hybridized carbons (Fsp3) is 0.364. The van der Waals surface area contributed by atoms with E-state index in [9.17, 15) is 9.59 Å². The van der Waals surface area contributed by atoms with Crippen molar-refractivity contribution >= 4 is 34.1 Å². The Morgan fingerprint density at radius 2 is 2.07 bits per heavy atom. The van der Waals surface area contributed by atoms with E-state index in [-0.39, 0.29) is 24.4 Å². The Bertz CT molecular complexity index is 1040. The summed E-state index contributed by atoms with van der Waals surface area (Å²) in [5.74, 6) is 0.130. The number of aromatic nitrogens is 1. The number of fused-ring (bicyclic) bond motifs is 4. The Morgan fingerprint density at radius 1 is 1.21 bits per heavy atom. The van der Waals surface area contributed by atoms with Crippen molar-refractivity contribution in [1.29, 1.82) is 0 Å². The Hall–Kier alpha value is -2.60. The zero-order valence-electron chi connectivity index (χ0n) is 15.9. The summed E-state index contributed by atoms with van der Waals surface area (Å²) in [6, 6.07) is 9.63. The van der Waals surface area contributed by atoms with E-state index in [0.29, 0.717) is 13.0 Å². The first kappa shape index (κ1) is 17.5.